The number of anilines is 2. The van der Waals surface area contributed by atoms with Crippen LogP contribution in [0.5, 0.6) is 0 Å². The van der Waals surface area contributed by atoms with E-state index >= 15 is 0 Å². The topological polar surface area (TPSA) is 112 Å². The minimum Gasteiger partial charge on any atom is -0.475 e. The highest BCUT2D eigenvalue weighted by Crippen LogP contribution is 2.28. The molecule has 1 aliphatic rings. The summed E-state index contributed by atoms with van der Waals surface area (Å²) < 4.78 is 34.3. The molecular weight excluding hydrogens is 517 g/mol. The van der Waals surface area contributed by atoms with Crippen molar-refractivity contribution in [1.29, 1.82) is 0 Å². The van der Waals surface area contributed by atoms with E-state index in [-0.39, 0.29) is 5.91 Å². The number of amides is 1. The number of rotatable bonds is 3. The van der Waals surface area contributed by atoms with Crippen LogP contribution in [0, 0.1) is 0 Å². The molecule has 1 saturated heterocycles. The van der Waals surface area contributed by atoms with E-state index in [2.05, 4.69) is 41.5 Å². The number of carbonyl (C=O) groups is 2. The van der Waals surface area contributed by atoms with Crippen LogP contribution in [-0.4, -0.2) is 63.9 Å². The van der Waals surface area contributed by atoms with Crippen molar-refractivity contribution >= 4 is 56.3 Å². The Bertz CT molecular complexity index is 1100. The Labute approximate surface area is 192 Å². The molecular formula is C18H18BrF3N6O3S. The number of carboxylic acids is 1. The van der Waals surface area contributed by atoms with Crippen molar-refractivity contribution < 1.29 is 27.9 Å². The molecule has 3 aromatic rings. The van der Waals surface area contributed by atoms with Crippen LogP contribution in [0.4, 0.5) is 24.8 Å². The van der Waals surface area contributed by atoms with Crippen molar-refractivity contribution in [2.24, 2.45) is 0 Å². The second-order valence-corrected chi connectivity index (χ2v) is 8.80. The zero-order valence-electron chi connectivity index (χ0n) is 16.4. The highest BCUT2D eigenvalue weighted by atomic mass is 79.9. The molecule has 14 heteroatoms. The lowest BCUT2D eigenvalue weighted by Crippen LogP contribution is -2.30. The molecule has 0 radical (unpaired) electrons. The van der Waals surface area contributed by atoms with E-state index in [4.69, 9.17) is 9.90 Å². The molecule has 3 aromatic heterocycles. The summed E-state index contributed by atoms with van der Waals surface area (Å²) in [7, 11) is 0. The lowest BCUT2D eigenvalue weighted by Gasteiger charge is -2.19. The number of thiophene rings is 1. The molecule has 4 rings (SSSR count). The van der Waals surface area contributed by atoms with Crippen LogP contribution in [-0.2, 0) is 4.79 Å². The van der Waals surface area contributed by atoms with Crippen LogP contribution in [0.15, 0.2) is 33.6 Å². The van der Waals surface area contributed by atoms with Gasteiger partial charge in [-0.25, -0.2) is 14.3 Å². The third kappa shape index (κ3) is 5.95. The molecule has 3 N–H and O–H groups in total. The first-order valence-corrected chi connectivity index (χ1v) is 11.0. The third-order valence-corrected chi connectivity index (χ3v) is 6.04. The number of hydrogen-bond acceptors (Lipinski definition) is 7. The number of carboxylic acid groups (broad SMARTS) is 1. The Kier molecular flexibility index (Phi) is 7.69. The SMILES string of the molecule is O=C(Nc1ccsc1Br)c1ccc2cnc(N3CCCNCC3)nn12.O=C(O)C(F)(F)F. The number of aromatic nitrogens is 3. The monoisotopic (exact) mass is 534 g/mol. The Morgan fingerprint density at radius 1 is 1.22 bits per heavy atom. The number of halogens is 4. The summed E-state index contributed by atoms with van der Waals surface area (Å²) in [5.74, 6) is -2.30. The minimum absolute atomic E-state index is 0.193. The summed E-state index contributed by atoms with van der Waals surface area (Å²) in [5.41, 5.74) is 2.05. The van der Waals surface area contributed by atoms with Gasteiger partial charge in [0.25, 0.3) is 5.91 Å². The summed E-state index contributed by atoms with van der Waals surface area (Å²) >= 11 is 4.97. The smallest absolute Gasteiger partial charge is 0.475 e. The summed E-state index contributed by atoms with van der Waals surface area (Å²) in [6.07, 6.45) is -2.27. The highest BCUT2D eigenvalue weighted by molar-refractivity contribution is 9.11. The molecule has 0 aliphatic carbocycles. The van der Waals surface area contributed by atoms with Crippen LogP contribution in [0.25, 0.3) is 5.52 Å². The van der Waals surface area contributed by atoms with Crippen molar-refractivity contribution in [3.63, 3.8) is 0 Å². The molecule has 0 spiro atoms. The van der Waals surface area contributed by atoms with Gasteiger partial charge in [0.1, 0.15) is 5.69 Å². The normalized spacial score (nSPS) is 14.4. The first-order valence-electron chi connectivity index (χ1n) is 9.31. The average molecular weight is 535 g/mol. The van der Waals surface area contributed by atoms with Crippen molar-refractivity contribution in [1.82, 2.24) is 19.9 Å². The van der Waals surface area contributed by atoms with Crippen molar-refractivity contribution in [3.05, 3.63) is 39.3 Å². The van der Waals surface area contributed by atoms with Crippen LogP contribution in [0.2, 0.25) is 0 Å². The van der Waals surface area contributed by atoms with Crippen LogP contribution >= 0.6 is 27.3 Å². The van der Waals surface area contributed by atoms with Gasteiger partial charge in [-0.2, -0.15) is 13.2 Å². The zero-order chi connectivity index (χ0) is 23.3. The Balaban J connectivity index is 0.000000360. The lowest BCUT2D eigenvalue weighted by molar-refractivity contribution is -0.192. The molecule has 1 amide bonds. The van der Waals surface area contributed by atoms with Crippen LogP contribution < -0.4 is 15.5 Å². The highest BCUT2D eigenvalue weighted by Gasteiger charge is 2.38. The van der Waals surface area contributed by atoms with Gasteiger partial charge in [-0.05, 0) is 52.5 Å². The first kappa shape index (κ1) is 23.9. The summed E-state index contributed by atoms with van der Waals surface area (Å²) in [4.78, 5) is 28.2. The Morgan fingerprint density at radius 3 is 2.62 bits per heavy atom. The second kappa shape index (κ2) is 10.3. The van der Waals surface area contributed by atoms with Gasteiger partial charge >= 0.3 is 12.1 Å². The van der Waals surface area contributed by atoms with E-state index in [1.54, 1.807) is 16.8 Å². The predicted molar refractivity (Wildman–Crippen MR) is 116 cm³/mol. The molecule has 0 aromatic carbocycles. The van der Waals surface area contributed by atoms with E-state index in [0.29, 0.717) is 11.6 Å². The third-order valence-electron chi connectivity index (χ3n) is 4.35. The molecule has 1 fully saturated rings. The number of nitrogens with zero attached hydrogens (tertiary/aromatic N) is 4. The standard InChI is InChI=1S/C16H17BrN6OS.C2HF3O2/c17-14-12(4-9-25-14)20-15(24)13-3-2-11-10-19-16(21-23(11)13)22-7-1-5-18-6-8-22;3-2(4,5)1(6)7/h2-4,9-10,18H,1,5-8H2,(H,20,24);(H,6,7). The maximum atomic E-state index is 12.6. The number of hydrogen-bond donors (Lipinski definition) is 3. The zero-order valence-corrected chi connectivity index (χ0v) is 18.8. The van der Waals surface area contributed by atoms with Gasteiger partial charge in [0.15, 0.2) is 0 Å². The van der Waals surface area contributed by atoms with Gasteiger partial charge in [0.05, 0.1) is 21.2 Å². The number of carbonyl (C=O) groups excluding carboxylic acids is 1. The van der Waals surface area contributed by atoms with Crippen molar-refractivity contribution in [2.45, 2.75) is 12.6 Å². The van der Waals surface area contributed by atoms with Gasteiger partial charge in [-0.15, -0.1) is 16.4 Å². The molecule has 0 saturated carbocycles. The molecule has 1 aliphatic heterocycles. The maximum absolute atomic E-state index is 12.6. The van der Waals surface area contributed by atoms with Gasteiger partial charge in [-0.1, -0.05) is 0 Å². The Hall–Kier alpha value is -2.71. The molecule has 172 valence electrons. The fourth-order valence-electron chi connectivity index (χ4n) is 2.82. The number of alkyl halides is 3. The fraction of sp³-hybridized carbons (Fsp3) is 0.333. The molecule has 9 nitrogen and oxygen atoms in total. The molecule has 4 heterocycles. The average Bonchev–Trinajstić information content (AvgIpc) is 3.23. The minimum atomic E-state index is -5.08. The van der Waals surface area contributed by atoms with Gasteiger partial charge in [0.2, 0.25) is 5.95 Å². The van der Waals surface area contributed by atoms with E-state index in [9.17, 15) is 18.0 Å². The molecule has 0 bridgehead atoms. The largest absolute Gasteiger partial charge is 0.490 e. The van der Waals surface area contributed by atoms with Crippen molar-refractivity contribution in [3.8, 4) is 0 Å². The van der Waals surface area contributed by atoms with E-state index in [1.165, 1.54) is 11.3 Å². The predicted octanol–water partition coefficient (Wildman–Crippen LogP) is 3.24. The molecule has 0 atom stereocenters. The van der Waals surface area contributed by atoms with Gasteiger partial charge in [-0.3, -0.25) is 4.79 Å². The fourth-order valence-corrected chi connectivity index (χ4v) is 3.95. The summed E-state index contributed by atoms with van der Waals surface area (Å²) in [6, 6.07) is 5.49. The van der Waals surface area contributed by atoms with Gasteiger partial charge < -0.3 is 20.6 Å². The molecule has 32 heavy (non-hydrogen) atoms. The number of aliphatic carboxylic acids is 1. The van der Waals surface area contributed by atoms with E-state index < -0.39 is 12.1 Å². The van der Waals surface area contributed by atoms with Crippen molar-refractivity contribution in [2.75, 3.05) is 36.4 Å². The van der Waals surface area contributed by atoms with Gasteiger partial charge in [0, 0.05) is 19.6 Å². The van der Waals surface area contributed by atoms with E-state index in [1.807, 2.05) is 17.5 Å². The Morgan fingerprint density at radius 2 is 1.97 bits per heavy atom. The summed E-state index contributed by atoms with van der Waals surface area (Å²) in [5, 5.41) is 19.9. The maximum Gasteiger partial charge on any atom is 0.490 e. The quantitative estimate of drug-likeness (QED) is 0.472. The lowest BCUT2D eigenvalue weighted by atomic mass is 10.4. The second-order valence-electron chi connectivity index (χ2n) is 6.57. The summed E-state index contributed by atoms with van der Waals surface area (Å²) in [6.45, 7) is 3.68. The van der Waals surface area contributed by atoms with E-state index in [0.717, 1.165) is 47.6 Å². The number of fused-ring (bicyclic) bond motifs is 1. The van der Waals surface area contributed by atoms with Crippen LogP contribution in [0.1, 0.15) is 16.9 Å². The number of nitrogens with one attached hydrogen (secondary N) is 2. The molecule has 0 unspecified atom stereocenters. The first-order chi connectivity index (χ1) is 15.2. The van der Waals surface area contributed by atoms with Crippen LogP contribution in [0.3, 0.4) is 0 Å².